The van der Waals surface area contributed by atoms with Crippen LogP contribution in [0.2, 0.25) is 0 Å². The molecule has 0 aliphatic carbocycles. The van der Waals surface area contributed by atoms with Crippen molar-refractivity contribution in [3.8, 4) is 5.75 Å². The number of nitrogens with zero attached hydrogens (tertiary/aromatic N) is 1. The van der Waals surface area contributed by atoms with Crippen LogP contribution in [0.1, 0.15) is 24.3 Å². The van der Waals surface area contributed by atoms with E-state index in [1.807, 2.05) is 13.0 Å². The minimum atomic E-state index is -1.20. The zero-order chi connectivity index (χ0) is 13.6. The number of ether oxygens (including phenoxy) is 1. The molecule has 1 N–H and O–H groups in total. The molecule has 1 aliphatic rings. The van der Waals surface area contributed by atoms with Gasteiger partial charge in [0.2, 0.25) is 5.43 Å². The van der Waals surface area contributed by atoms with E-state index in [2.05, 4.69) is 0 Å². The predicted molar refractivity (Wildman–Crippen MR) is 71.2 cm³/mol. The SMILES string of the molecule is CCn1cc(C(=O)O)c(=O)c2cc3c(cc21)CCO3.[H-].[Na+]. The molecule has 20 heavy (non-hydrogen) atoms. The van der Waals surface area contributed by atoms with Crippen molar-refractivity contribution in [3.05, 3.63) is 39.7 Å². The van der Waals surface area contributed by atoms with E-state index in [1.165, 1.54) is 6.20 Å². The molecule has 0 bridgehead atoms. The molecule has 0 radical (unpaired) electrons. The van der Waals surface area contributed by atoms with Gasteiger partial charge in [-0.25, -0.2) is 4.79 Å². The Morgan fingerprint density at radius 3 is 2.90 bits per heavy atom. The van der Waals surface area contributed by atoms with E-state index in [-0.39, 0.29) is 36.5 Å². The maximum atomic E-state index is 12.2. The molecule has 0 spiro atoms. The van der Waals surface area contributed by atoms with Crippen molar-refractivity contribution in [2.45, 2.75) is 19.9 Å². The Morgan fingerprint density at radius 2 is 2.25 bits per heavy atom. The maximum Gasteiger partial charge on any atom is 1.00 e. The summed E-state index contributed by atoms with van der Waals surface area (Å²) in [5, 5.41) is 9.50. The smallest absolute Gasteiger partial charge is 1.00 e. The first-order chi connectivity index (χ1) is 9.11. The summed E-state index contributed by atoms with van der Waals surface area (Å²) in [4.78, 5) is 23.3. The summed E-state index contributed by atoms with van der Waals surface area (Å²) < 4.78 is 7.23. The Kier molecular flexibility index (Phi) is 4.22. The first kappa shape index (κ1) is 15.1. The minimum absolute atomic E-state index is 0. The number of carbonyl (C=O) groups is 1. The molecule has 2 heterocycles. The van der Waals surface area contributed by atoms with E-state index >= 15 is 0 Å². The number of carboxylic acid groups (broad SMARTS) is 1. The molecule has 1 aliphatic heterocycles. The summed E-state index contributed by atoms with van der Waals surface area (Å²) in [5.74, 6) is -0.509. The van der Waals surface area contributed by atoms with Crippen molar-refractivity contribution in [1.82, 2.24) is 4.57 Å². The van der Waals surface area contributed by atoms with Gasteiger partial charge in [-0.3, -0.25) is 4.79 Å². The van der Waals surface area contributed by atoms with Gasteiger partial charge in [0.1, 0.15) is 11.3 Å². The van der Waals surface area contributed by atoms with Crippen molar-refractivity contribution in [2.75, 3.05) is 6.61 Å². The van der Waals surface area contributed by atoms with E-state index in [1.54, 1.807) is 10.6 Å². The van der Waals surface area contributed by atoms with E-state index in [9.17, 15) is 9.59 Å². The third-order valence-corrected chi connectivity index (χ3v) is 3.46. The molecule has 2 aromatic rings. The first-order valence-electron chi connectivity index (χ1n) is 6.18. The first-order valence-corrected chi connectivity index (χ1v) is 6.18. The molecular weight excluding hydrogens is 269 g/mol. The predicted octanol–water partition coefficient (Wildman–Crippen LogP) is -1.23. The van der Waals surface area contributed by atoms with Crippen molar-refractivity contribution in [3.63, 3.8) is 0 Å². The molecule has 6 heteroatoms. The minimum Gasteiger partial charge on any atom is -1.00 e. The molecule has 0 atom stereocenters. The zero-order valence-corrected chi connectivity index (χ0v) is 13.5. The third kappa shape index (κ3) is 2.26. The molecule has 0 saturated heterocycles. The standard InChI is InChI=1S/C14H13NO4.Na.H/c1-2-15-7-10(14(17)18)13(16)9-6-12-8(3-4-19-12)5-11(9)15;;/h5-7H,2-4H2,1H3,(H,17,18);;/q;+1;-1. The molecule has 0 saturated carbocycles. The van der Waals surface area contributed by atoms with Gasteiger partial charge in [-0.2, -0.15) is 0 Å². The second-order valence-electron chi connectivity index (χ2n) is 4.54. The van der Waals surface area contributed by atoms with Crippen LogP contribution in [0.4, 0.5) is 0 Å². The summed E-state index contributed by atoms with van der Waals surface area (Å²) in [6, 6.07) is 3.59. The Balaban J connectivity index is 0.00000110. The fourth-order valence-corrected chi connectivity index (χ4v) is 2.47. The Labute approximate surface area is 138 Å². The van der Waals surface area contributed by atoms with Gasteiger partial charge in [-0.15, -0.1) is 0 Å². The molecular formula is C14H14NNaO4. The molecule has 1 aromatic heterocycles. The number of aromatic carboxylic acids is 1. The van der Waals surface area contributed by atoms with Crippen molar-refractivity contribution < 1.29 is 45.6 Å². The summed E-state index contributed by atoms with van der Waals surface area (Å²) in [7, 11) is 0. The molecule has 0 amide bonds. The number of rotatable bonds is 2. The molecule has 100 valence electrons. The second kappa shape index (κ2) is 5.60. The molecule has 0 unspecified atom stereocenters. The van der Waals surface area contributed by atoms with E-state index in [4.69, 9.17) is 9.84 Å². The van der Waals surface area contributed by atoms with Crippen LogP contribution in [0.15, 0.2) is 23.1 Å². The summed E-state index contributed by atoms with van der Waals surface area (Å²) >= 11 is 0. The van der Waals surface area contributed by atoms with Crippen LogP contribution in [0.3, 0.4) is 0 Å². The van der Waals surface area contributed by atoms with Gasteiger partial charge in [0.25, 0.3) is 0 Å². The van der Waals surface area contributed by atoms with Crippen LogP contribution in [-0.4, -0.2) is 22.2 Å². The quantitative estimate of drug-likeness (QED) is 0.701. The summed E-state index contributed by atoms with van der Waals surface area (Å²) in [6.45, 7) is 3.13. The number of benzene rings is 1. The van der Waals surface area contributed by atoms with E-state index in [0.717, 1.165) is 17.5 Å². The van der Waals surface area contributed by atoms with Gasteiger partial charge >= 0.3 is 35.5 Å². The average molecular weight is 283 g/mol. The fourth-order valence-electron chi connectivity index (χ4n) is 2.47. The van der Waals surface area contributed by atoms with Crippen LogP contribution < -0.4 is 39.7 Å². The monoisotopic (exact) mass is 283 g/mol. The van der Waals surface area contributed by atoms with Gasteiger partial charge < -0.3 is 15.8 Å². The topological polar surface area (TPSA) is 68.5 Å². The summed E-state index contributed by atoms with van der Waals surface area (Å²) in [6.07, 6.45) is 2.24. The molecule has 1 aromatic carbocycles. The van der Waals surface area contributed by atoms with Crippen molar-refractivity contribution in [1.29, 1.82) is 0 Å². The van der Waals surface area contributed by atoms with Gasteiger partial charge in [0.15, 0.2) is 0 Å². The van der Waals surface area contributed by atoms with Crippen LogP contribution >= 0.6 is 0 Å². The average Bonchev–Trinajstić information content (AvgIpc) is 2.84. The molecule has 3 rings (SSSR count). The number of aromatic nitrogens is 1. The molecule has 0 fully saturated rings. The van der Waals surface area contributed by atoms with Crippen LogP contribution in [0.25, 0.3) is 10.9 Å². The largest absolute Gasteiger partial charge is 1.00 e. The van der Waals surface area contributed by atoms with Crippen molar-refractivity contribution in [2.24, 2.45) is 0 Å². The van der Waals surface area contributed by atoms with Gasteiger partial charge in [-0.1, -0.05) is 0 Å². The number of fused-ring (bicyclic) bond motifs is 2. The van der Waals surface area contributed by atoms with Crippen LogP contribution in [-0.2, 0) is 13.0 Å². The Bertz CT molecular complexity index is 757. The normalized spacial score (nSPS) is 12.7. The number of hydrogen-bond donors (Lipinski definition) is 1. The summed E-state index contributed by atoms with van der Waals surface area (Å²) in [5.41, 5.74) is 1.18. The Morgan fingerprint density at radius 1 is 1.50 bits per heavy atom. The van der Waals surface area contributed by atoms with Crippen LogP contribution in [0.5, 0.6) is 5.75 Å². The van der Waals surface area contributed by atoms with Crippen molar-refractivity contribution >= 4 is 16.9 Å². The van der Waals surface area contributed by atoms with E-state index in [0.29, 0.717) is 24.3 Å². The zero-order valence-electron chi connectivity index (χ0n) is 12.5. The third-order valence-electron chi connectivity index (χ3n) is 3.46. The van der Waals surface area contributed by atoms with Gasteiger partial charge in [0.05, 0.1) is 17.5 Å². The van der Waals surface area contributed by atoms with Gasteiger partial charge in [0, 0.05) is 19.2 Å². The number of aryl methyl sites for hydroxylation is 1. The Hall–Kier alpha value is -1.30. The number of pyridine rings is 1. The second-order valence-corrected chi connectivity index (χ2v) is 4.54. The number of carboxylic acids is 1. The van der Waals surface area contributed by atoms with E-state index < -0.39 is 11.4 Å². The van der Waals surface area contributed by atoms with Gasteiger partial charge in [-0.05, 0) is 24.6 Å². The molecule has 5 nitrogen and oxygen atoms in total. The maximum absolute atomic E-state index is 12.2. The van der Waals surface area contributed by atoms with Crippen LogP contribution in [0, 0.1) is 0 Å². The number of hydrogen-bond acceptors (Lipinski definition) is 3. The fraction of sp³-hybridized carbons (Fsp3) is 0.286.